The molecule has 0 saturated carbocycles. The molecular weight excluding hydrogens is 256 g/mol. The van der Waals surface area contributed by atoms with E-state index in [1.807, 2.05) is 4.90 Å². The maximum Gasteiger partial charge on any atom is 0.225 e. The second kappa shape index (κ2) is 7.62. The lowest BCUT2D eigenvalue weighted by atomic mass is 10.1. The molecule has 0 aromatic rings. The molecule has 2 aliphatic rings. The Kier molecular flexibility index (Phi) is 5.83. The number of hydrogen-bond donors (Lipinski definition) is 1. The first-order chi connectivity index (χ1) is 9.72. The van der Waals surface area contributed by atoms with Crippen molar-refractivity contribution >= 4 is 11.8 Å². The monoisotopic (exact) mass is 282 g/mol. The molecule has 0 spiro atoms. The zero-order valence-corrected chi connectivity index (χ0v) is 12.4. The molecule has 2 aliphatic heterocycles. The normalized spacial score (nSPS) is 24.1. The summed E-state index contributed by atoms with van der Waals surface area (Å²) in [5.41, 5.74) is 0. The molecule has 0 radical (unpaired) electrons. The van der Waals surface area contributed by atoms with Crippen molar-refractivity contribution in [1.82, 2.24) is 10.2 Å². The summed E-state index contributed by atoms with van der Waals surface area (Å²) in [7, 11) is 0. The van der Waals surface area contributed by atoms with Crippen molar-refractivity contribution in [2.75, 3.05) is 26.3 Å². The van der Waals surface area contributed by atoms with Gasteiger partial charge in [0.25, 0.3) is 0 Å². The number of hydrogen-bond acceptors (Lipinski definition) is 3. The summed E-state index contributed by atoms with van der Waals surface area (Å²) in [6.07, 6.45) is 5.48. The van der Waals surface area contributed by atoms with Gasteiger partial charge in [-0.1, -0.05) is 19.8 Å². The van der Waals surface area contributed by atoms with Crippen LogP contribution in [0.1, 0.15) is 45.4 Å². The molecule has 1 unspecified atom stereocenters. The summed E-state index contributed by atoms with van der Waals surface area (Å²) in [4.78, 5) is 26.0. The second-order valence-electron chi connectivity index (χ2n) is 5.79. The van der Waals surface area contributed by atoms with Gasteiger partial charge >= 0.3 is 0 Å². The Morgan fingerprint density at radius 1 is 1.35 bits per heavy atom. The molecule has 0 aliphatic carbocycles. The molecule has 0 aromatic carbocycles. The van der Waals surface area contributed by atoms with Crippen molar-refractivity contribution in [3.63, 3.8) is 0 Å². The summed E-state index contributed by atoms with van der Waals surface area (Å²) >= 11 is 0. The van der Waals surface area contributed by atoms with Crippen LogP contribution in [0.25, 0.3) is 0 Å². The van der Waals surface area contributed by atoms with E-state index in [9.17, 15) is 9.59 Å². The zero-order valence-electron chi connectivity index (χ0n) is 12.4. The number of nitrogens with one attached hydrogen (secondary N) is 1. The van der Waals surface area contributed by atoms with Gasteiger partial charge < -0.3 is 15.0 Å². The largest absolute Gasteiger partial charge is 0.381 e. The highest BCUT2D eigenvalue weighted by Crippen LogP contribution is 2.24. The molecule has 114 valence electrons. The van der Waals surface area contributed by atoms with Crippen LogP contribution in [0.2, 0.25) is 0 Å². The molecule has 1 N–H and O–H groups in total. The topological polar surface area (TPSA) is 58.6 Å². The SMILES string of the molecule is CCCCCNC(=O)C1CC(=O)N(C2CCOCC2)C1. The van der Waals surface area contributed by atoms with Crippen LogP contribution in [-0.4, -0.2) is 49.1 Å². The van der Waals surface area contributed by atoms with Gasteiger partial charge in [0.05, 0.1) is 5.92 Å². The van der Waals surface area contributed by atoms with Gasteiger partial charge in [0.1, 0.15) is 0 Å². The van der Waals surface area contributed by atoms with Gasteiger partial charge in [-0.3, -0.25) is 9.59 Å². The number of nitrogens with zero attached hydrogens (tertiary/aromatic N) is 1. The molecule has 2 amide bonds. The molecule has 0 aromatic heterocycles. The minimum absolute atomic E-state index is 0.0454. The number of carbonyl (C=O) groups is 2. The van der Waals surface area contributed by atoms with E-state index < -0.39 is 0 Å². The summed E-state index contributed by atoms with van der Waals surface area (Å²) in [5.74, 6) is 0.0154. The van der Waals surface area contributed by atoms with Crippen LogP contribution in [-0.2, 0) is 14.3 Å². The van der Waals surface area contributed by atoms with Crippen LogP contribution >= 0.6 is 0 Å². The Bertz CT molecular complexity index is 340. The fourth-order valence-corrected chi connectivity index (χ4v) is 2.99. The number of amides is 2. The number of likely N-dealkylation sites (tertiary alicyclic amines) is 1. The lowest BCUT2D eigenvalue weighted by molar-refractivity contribution is -0.131. The first-order valence-electron chi connectivity index (χ1n) is 7.87. The first kappa shape index (κ1) is 15.3. The molecule has 5 nitrogen and oxygen atoms in total. The van der Waals surface area contributed by atoms with Gasteiger partial charge in [-0.25, -0.2) is 0 Å². The first-order valence-corrected chi connectivity index (χ1v) is 7.87. The van der Waals surface area contributed by atoms with Crippen LogP contribution in [0.15, 0.2) is 0 Å². The van der Waals surface area contributed by atoms with Crippen molar-refractivity contribution in [3.05, 3.63) is 0 Å². The minimum Gasteiger partial charge on any atom is -0.381 e. The molecule has 2 fully saturated rings. The van der Waals surface area contributed by atoms with Gasteiger partial charge in [0.15, 0.2) is 0 Å². The van der Waals surface area contributed by atoms with Gasteiger partial charge in [-0.05, 0) is 19.3 Å². The smallest absolute Gasteiger partial charge is 0.225 e. The van der Waals surface area contributed by atoms with Crippen molar-refractivity contribution in [3.8, 4) is 0 Å². The Hall–Kier alpha value is -1.10. The van der Waals surface area contributed by atoms with Crippen molar-refractivity contribution < 1.29 is 14.3 Å². The van der Waals surface area contributed by atoms with Gasteiger partial charge in [-0.2, -0.15) is 0 Å². The third-order valence-electron chi connectivity index (χ3n) is 4.24. The highest BCUT2D eigenvalue weighted by atomic mass is 16.5. The molecular formula is C15H26N2O3. The highest BCUT2D eigenvalue weighted by molar-refractivity contribution is 5.89. The third kappa shape index (κ3) is 3.95. The van der Waals surface area contributed by atoms with Crippen LogP contribution in [0.4, 0.5) is 0 Å². The van der Waals surface area contributed by atoms with E-state index in [4.69, 9.17) is 4.74 Å². The van der Waals surface area contributed by atoms with Crippen LogP contribution in [0.3, 0.4) is 0 Å². The molecule has 2 rings (SSSR count). The highest BCUT2D eigenvalue weighted by Gasteiger charge is 2.38. The maximum absolute atomic E-state index is 12.1. The zero-order chi connectivity index (χ0) is 14.4. The maximum atomic E-state index is 12.1. The summed E-state index contributed by atoms with van der Waals surface area (Å²) < 4.78 is 5.33. The minimum atomic E-state index is -0.160. The van der Waals surface area contributed by atoms with Crippen LogP contribution in [0, 0.1) is 5.92 Å². The second-order valence-corrected chi connectivity index (χ2v) is 5.79. The molecule has 20 heavy (non-hydrogen) atoms. The van der Waals surface area contributed by atoms with Crippen molar-refractivity contribution in [1.29, 1.82) is 0 Å². The van der Waals surface area contributed by atoms with E-state index in [1.165, 1.54) is 0 Å². The molecule has 1 atom stereocenters. The molecule has 0 bridgehead atoms. The van der Waals surface area contributed by atoms with Gasteiger partial charge in [0.2, 0.25) is 11.8 Å². The number of ether oxygens (including phenoxy) is 1. The summed E-state index contributed by atoms with van der Waals surface area (Å²) in [6, 6.07) is 0.272. The predicted molar refractivity (Wildman–Crippen MR) is 76.2 cm³/mol. The van der Waals surface area contributed by atoms with Gasteiger partial charge in [-0.15, -0.1) is 0 Å². The Morgan fingerprint density at radius 2 is 2.10 bits per heavy atom. The van der Waals surface area contributed by atoms with E-state index in [1.54, 1.807) is 0 Å². The Morgan fingerprint density at radius 3 is 2.80 bits per heavy atom. The molecule has 2 saturated heterocycles. The van der Waals surface area contributed by atoms with E-state index in [-0.39, 0.29) is 23.8 Å². The van der Waals surface area contributed by atoms with E-state index in [0.717, 1.165) is 51.9 Å². The fraction of sp³-hybridized carbons (Fsp3) is 0.867. The lowest BCUT2D eigenvalue weighted by Crippen LogP contribution is -2.41. The molecule has 5 heteroatoms. The average Bonchev–Trinajstić information content (AvgIpc) is 2.86. The van der Waals surface area contributed by atoms with Crippen molar-refractivity contribution in [2.24, 2.45) is 5.92 Å². The van der Waals surface area contributed by atoms with E-state index >= 15 is 0 Å². The van der Waals surface area contributed by atoms with Crippen LogP contribution in [0.5, 0.6) is 0 Å². The third-order valence-corrected chi connectivity index (χ3v) is 4.24. The number of unbranched alkanes of at least 4 members (excludes halogenated alkanes) is 2. The van der Waals surface area contributed by atoms with Crippen LogP contribution < -0.4 is 5.32 Å². The number of rotatable bonds is 6. The number of carbonyl (C=O) groups excluding carboxylic acids is 2. The van der Waals surface area contributed by atoms with E-state index in [2.05, 4.69) is 12.2 Å². The van der Waals surface area contributed by atoms with E-state index in [0.29, 0.717) is 13.0 Å². The molecule has 2 heterocycles. The summed E-state index contributed by atoms with van der Waals surface area (Å²) in [6.45, 7) is 4.91. The predicted octanol–water partition coefficient (Wildman–Crippen LogP) is 1.32. The lowest BCUT2D eigenvalue weighted by Gasteiger charge is -2.31. The van der Waals surface area contributed by atoms with Gasteiger partial charge in [0, 0.05) is 38.8 Å². The quantitative estimate of drug-likeness (QED) is 0.748. The Labute approximate surface area is 121 Å². The summed E-state index contributed by atoms with van der Waals surface area (Å²) in [5, 5.41) is 2.96. The van der Waals surface area contributed by atoms with Crippen molar-refractivity contribution in [2.45, 2.75) is 51.5 Å². The fourth-order valence-electron chi connectivity index (χ4n) is 2.99. The Balaban J connectivity index is 1.77. The average molecular weight is 282 g/mol. The standard InChI is InChI=1S/C15H26N2O3/c1-2-3-4-7-16-15(19)12-10-14(18)17(11-12)13-5-8-20-9-6-13/h12-13H,2-11H2,1H3,(H,16,19).